The van der Waals surface area contributed by atoms with Crippen molar-refractivity contribution in [2.75, 3.05) is 18.9 Å². The minimum absolute atomic E-state index is 0.0497. The number of hydrogen-bond acceptors (Lipinski definition) is 3. The molecule has 5 heteroatoms. The van der Waals surface area contributed by atoms with E-state index in [1.807, 2.05) is 37.3 Å². The molecule has 5 nitrogen and oxygen atoms in total. The zero-order valence-corrected chi connectivity index (χ0v) is 13.3. The van der Waals surface area contributed by atoms with Crippen molar-refractivity contribution >= 4 is 17.5 Å². The Balaban J connectivity index is 1.92. The highest BCUT2D eigenvalue weighted by Crippen LogP contribution is 2.07. The maximum Gasteiger partial charge on any atom is 0.251 e. The van der Waals surface area contributed by atoms with E-state index < -0.39 is 0 Å². The molecular formula is C18H21N3O2. The lowest BCUT2D eigenvalue weighted by Crippen LogP contribution is -2.37. The van der Waals surface area contributed by atoms with Crippen LogP contribution in [0.3, 0.4) is 0 Å². The van der Waals surface area contributed by atoms with Crippen LogP contribution in [0.15, 0.2) is 54.6 Å². The Labute approximate surface area is 136 Å². The minimum Gasteiger partial charge on any atom is -0.383 e. The Bertz CT molecular complexity index is 671. The molecule has 0 fully saturated rings. The van der Waals surface area contributed by atoms with Crippen molar-refractivity contribution in [3.63, 3.8) is 0 Å². The average molecular weight is 311 g/mol. The number of nitrogens with one attached hydrogen (secondary N) is 3. The molecule has 0 bridgehead atoms. The Morgan fingerprint density at radius 2 is 1.61 bits per heavy atom. The van der Waals surface area contributed by atoms with Gasteiger partial charge in [0.25, 0.3) is 11.8 Å². The van der Waals surface area contributed by atoms with Gasteiger partial charge in [-0.25, -0.2) is 0 Å². The third kappa shape index (κ3) is 4.85. The molecule has 2 amide bonds. The summed E-state index contributed by atoms with van der Waals surface area (Å²) in [5.74, 6) is -0.406. The normalized spacial score (nSPS) is 11.4. The van der Waals surface area contributed by atoms with Gasteiger partial charge >= 0.3 is 0 Å². The molecule has 0 saturated heterocycles. The van der Waals surface area contributed by atoms with Gasteiger partial charge < -0.3 is 16.0 Å². The molecule has 0 saturated carbocycles. The maximum atomic E-state index is 12.3. The average Bonchev–Trinajstić information content (AvgIpc) is 2.60. The van der Waals surface area contributed by atoms with Crippen LogP contribution in [-0.4, -0.2) is 31.4 Å². The SMILES string of the molecule is CNC(=O)c1cccc(C(=O)N[C@@H](C)CNc2ccccc2)c1. The Kier molecular flexibility index (Phi) is 5.74. The molecule has 120 valence electrons. The monoisotopic (exact) mass is 311 g/mol. The van der Waals surface area contributed by atoms with Gasteiger partial charge in [0, 0.05) is 36.4 Å². The maximum absolute atomic E-state index is 12.3. The predicted octanol–water partition coefficient (Wildman–Crippen LogP) is 2.28. The van der Waals surface area contributed by atoms with Crippen LogP contribution in [0.4, 0.5) is 5.69 Å². The lowest BCUT2D eigenvalue weighted by Gasteiger charge is -2.16. The second-order valence-corrected chi connectivity index (χ2v) is 5.28. The number of rotatable bonds is 6. The Morgan fingerprint density at radius 1 is 0.957 bits per heavy atom. The van der Waals surface area contributed by atoms with Gasteiger partial charge in [0.1, 0.15) is 0 Å². The van der Waals surface area contributed by atoms with E-state index in [0.717, 1.165) is 5.69 Å². The summed E-state index contributed by atoms with van der Waals surface area (Å²) in [5, 5.41) is 8.72. The summed E-state index contributed by atoms with van der Waals surface area (Å²) in [6.07, 6.45) is 0. The third-order valence-electron chi connectivity index (χ3n) is 3.38. The van der Waals surface area contributed by atoms with Crippen molar-refractivity contribution < 1.29 is 9.59 Å². The number of amides is 2. The van der Waals surface area contributed by atoms with Crippen molar-refractivity contribution in [1.82, 2.24) is 10.6 Å². The molecule has 0 aliphatic heterocycles. The fraction of sp³-hybridized carbons (Fsp3) is 0.222. The van der Waals surface area contributed by atoms with Gasteiger partial charge in [0.15, 0.2) is 0 Å². The molecular weight excluding hydrogens is 290 g/mol. The quantitative estimate of drug-likeness (QED) is 0.766. The summed E-state index contributed by atoms with van der Waals surface area (Å²) < 4.78 is 0. The fourth-order valence-electron chi connectivity index (χ4n) is 2.13. The van der Waals surface area contributed by atoms with E-state index in [9.17, 15) is 9.59 Å². The van der Waals surface area contributed by atoms with Gasteiger partial charge in [-0.1, -0.05) is 24.3 Å². The smallest absolute Gasteiger partial charge is 0.251 e. The molecule has 1 atom stereocenters. The number of carbonyl (C=O) groups excluding carboxylic acids is 2. The van der Waals surface area contributed by atoms with Crippen LogP contribution in [-0.2, 0) is 0 Å². The van der Waals surface area contributed by atoms with Crippen LogP contribution in [0.25, 0.3) is 0 Å². The first-order valence-electron chi connectivity index (χ1n) is 7.52. The van der Waals surface area contributed by atoms with E-state index in [4.69, 9.17) is 0 Å². The summed E-state index contributed by atoms with van der Waals surface area (Å²) in [4.78, 5) is 23.9. The highest BCUT2D eigenvalue weighted by Gasteiger charge is 2.12. The summed E-state index contributed by atoms with van der Waals surface area (Å²) in [7, 11) is 1.56. The molecule has 2 aromatic carbocycles. The van der Waals surface area contributed by atoms with Gasteiger partial charge in [0.2, 0.25) is 0 Å². The minimum atomic E-state index is -0.210. The van der Waals surface area contributed by atoms with Crippen LogP contribution in [0.5, 0.6) is 0 Å². The molecule has 0 aliphatic rings. The summed E-state index contributed by atoms with van der Waals surface area (Å²) in [5.41, 5.74) is 1.95. The van der Waals surface area contributed by atoms with Crippen molar-refractivity contribution in [3.05, 3.63) is 65.7 Å². The summed E-state index contributed by atoms with van der Waals surface area (Å²) in [6.45, 7) is 2.54. The lowest BCUT2D eigenvalue weighted by molar-refractivity contribution is 0.0942. The third-order valence-corrected chi connectivity index (χ3v) is 3.38. The van der Waals surface area contributed by atoms with Crippen LogP contribution in [0, 0.1) is 0 Å². The van der Waals surface area contributed by atoms with Gasteiger partial charge in [-0.2, -0.15) is 0 Å². The van der Waals surface area contributed by atoms with Crippen molar-refractivity contribution in [2.24, 2.45) is 0 Å². The molecule has 0 aromatic heterocycles. The zero-order chi connectivity index (χ0) is 16.7. The van der Waals surface area contributed by atoms with E-state index in [1.165, 1.54) is 0 Å². The number of para-hydroxylation sites is 1. The first-order chi connectivity index (χ1) is 11.1. The molecule has 0 spiro atoms. The van der Waals surface area contributed by atoms with Gasteiger partial charge in [-0.15, -0.1) is 0 Å². The molecule has 23 heavy (non-hydrogen) atoms. The van der Waals surface area contributed by atoms with E-state index in [-0.39, 0.29) is 17.9 Å². The first-order valence-corrected chi connectivity index (χ1v) is 7.52. The number of hydrogen-bond donors (Lipinski definition) is 3. The highest BCUT2D eigenvalue weighted by molar-refractivity contribution is 5.99. The molecule has 0 aliphatic carbocycles. The lowest BCUT2D eigenvalue weighted by atomic mass is 10.1. The standard InChI is InChI=1S/C18H21N3O2/c1-13(12-20-16-9-4-3-5-10-16)21-18(23)15-8-6-7-14(11-15)17(22)19-2/h3-11,13,20H,12H2,1-2H3,(H,19,22)(H,21,23)/t13-/m0/s1. The molecule has 2 rings (SSSR count). The Hall–Kier alpha value is -2.82. The van der Waals surface area contributed by atoms with Crippen LogP contribution >= 0.6 is 0 Å². The number of carbonyl (C=O) groups is 2. The van der Waals surface area contributed by atoms with E-state index in [0.29, 0.717) is 17.7 Å². The highest BCUT2D eigenvalue weighted by atomic mass is 16.2. The van der Waals surface area contributed by atoms with Crippen LogP contribution < -0.4 is 16.0 Å². The van der Waals surface area contributed by atoms with Gasteiger partial charge in [-0.3, -0.25) is 9.59 Å². The van der Waals surface area contributed by atoms with Crippen molar-refractivity contribution in [2.45, 2.75) is 13.0 Å². The van der Waals surface area contributed by atoms with Gasteiger partial charge in [-0.05, 0) is 37.3 Å². The Morgan fingerprint density at radius 3 is 2.26 bits per heavy atom. The number of anilines is 1. The first kappa shape index (κ1) is 16.5. The second kappa shape index (κ2) is 7.98. The molecule has 3 N–H and O–H groups in total. The summed E-state index contributed by atoms with van der Waals surface area (Å²) >= 11 is 0. The van der Waals surface area contributed by atoms with E-state index >= 15 is 0 Å². The summed E-state index contributed by atoms with van der Waals surface area (Å²) in [6, 6.07) is 16.4. The van der Waals surface area contributed by atoms with Crippen molar-refractivity contribution in [1.29, 1.82) is 0 Å². The largest absolute Gasteiger partial charge is 0.383 e. The molecule has 0 unspecified atom stereocenters. The fourth-order valence-corrected chi connectivity index (χ4v) is 2.13. The molecule has 2 aromatic rings. The van der Waals surface area contributed by atoms with E-state index in [2.05, 4.69) is 16.0 Å². The van der Waals surface area contributed by atoms with Gasteiger partial charge in [0.05, 0.1) is 0 Å². The number of benzene rings is 2. The van der Waals surface area contributed by atoms with E-state index in [1.54, 1.807) is 31.3 Å². The van der Waals surface area contributed by atoms with Crippen LogP contribution in [0.1, 0.15) is 27.6 Å². The van der Waals surface area contributed by atoms with Crippen LogP contribution in [0.2, 0.25) is 0 Å². The second-order valence-electron chi connectivity index (χ2n) is 5.28. The van der Waals surface area contributed by atoms with Crippen molar-refractivity contribution in [3.8, 4) is 0 Å². The topological polar surface area (TPSA) is 70.2 Å². The zero-order valence-electron chi connectivity index (χ0n) is 13.3. The molecule has 0 heterocycles. The predicted molar refractivity (Wildman–Crippen MR) is 91.7 cm³/mol. The molecule has 0 radical (unpaired) electrons.